The Balaban J connectivity index is 1.86. The first-order valence-electron chi connectivity index (χ1n) is 8.48. The quantitative estimate of drug-likeness (QED) is 0.408. The fraction of sp³-hybridized carbons (Fsp3) is 0.941. The smallest absolute Gasteiger partial charge is 0.186 e. The average Bonchev–Trinajstić information content (AvgIpc) is 2.58. The normalized spacial score (nSPS) is 39.4. The maximum atomic E-state index is 10.4. The molecule has 1 saturated carbocycles. The van der Waals surface area contributed by atoms with Gasteiger partial charge in [0.25, 0.3) is 0 Å². The summed E-state index contributed by atoms with van der Waals surface area (Å²) in [5.41, 5.74) is -0.223. The van der Waals surface area contributed by atoms with Crippen molar-refractivity contribution >= 4 is 6.21 Å². The monoisotopic (exact) mass is 345 g/mol. The summed E-state index contributed by atoms with van der Waals surface area (Å²) in [5, 5.41) is 47.1. The molecule has 2 aliphatic rings. The molecule has 0 aromatic heterocycles. The molecule has 0 aromatic carbocycles. The van der Waals surface area contributed by atoms with E-state index in [1.54, 1.807) is 0 Å². The van der Waals surface area contributed by atoms with Crippen LogP contribution in [0.2, 0.25) is 0 Å². The summed E-state index contributed by atoms with van der Waals surface area (Å²) in [5.74, 6) is -3.41. The molecule has 5 N–H and O–H groups in total. The van der Waals surface area contributed by atoms with Gasteiger partial charge in [0.05, 0.1) is 37.3 Å². The second-order valence-corrected chi connectivity index (χ2v) is 8.63. The molecule has 1 aliphatic heterocycles. The molecule has 0 spiro atoms. The lowest BCUT2D eigenvalue weighted by Gasteiger charge is -2.49. The zero-order chi connectivity index (χ0) is 18.3. The van der Waals surface area contributed by atoms with Gasteiger partial charge in [0.15, 0.2) is 12.1 Å². The van der Waals surface area contributed by atoms with E-state index in [0.717, 1.165) is 12.8 Å². The van der Waals surface area contributed by atoms with Crippen molar-refractivity contribution in [3.8, 4) is 0 Å². The third kappa shape index (κ3) is 3.52. The van der Waals surface area contributed by atoms with Crippen molar-refractivity contribution in [2.75, 3.05) is 13.2 Å². The Morgan fingerprint density at radius 2 is 1.83 bits per heavy atom. The Morgan fingerprint density at radius 1 is 1.21 bits per heavy atom. The van der Waals surface area contributed by atoms with Crippen LogP contribution >= 0.6 is 0 Å². The van der Waals surface area contributed by atoms with E-state index < -0.39 is 42.7 Å². The Morgan fingerprint density at radius 3 is 2.38 bits per heavy atom. The van der Waals surface area contributed by atoms with E-state index in [-0.39, 0.29) is 10.8 Å². The van der Waals surface area contributed by atoms with Crippen LogP contribution in [0.4, 0.5) is 0 Å². The van der Waals surface area contributed by atoms with Crippen LogP contribution in [-0.2, 0) is 9.47 Å². The molecule has 7 nitrogen and oxygen atoms in total. The van der Waals surface area contributed by atoms with Crippen molar-refractivity contribution in [2.24, 2.45) is 22.7 Å². The Bertz CT molecular complexity index is 468. The van der Waals surface area contributed by atoms with Crippen LogP contribution in [0.5, 0.6) is 0 Å². The molecule has 0 amide bonds. The van der Waals surface area contributed by atoms with E-state index >= 15 is 0 Å². The first-order chi connectivity index (χ1) is 11.0. The molecular weight excluding hydrogens is 314 g/mol. The van der Waals surface area contributed by atoms with Gasteiger partial charge in [-0.05, 0) is 23.7 Å². The van der Waals surface area contributed by atoms with Gasteiger partial charge < -0.3 is 35.3 Å². The van der Waals surface area contributed by atoms with Gasteiger partial charge in [-0.2, -0.15) is 0 Å². The highest BCUT2D eigenvalue weighted by Crippen LogP contribution is 2.53. The zero-order valence-electron chi connectivity index (χ0n) is 14.9. The number of rotatable bonds is 8. The van der Waals surface area contributed by atoms with Gasteiger partial charge in [-0.25, -0.2) is 0 Å². The highest BCUT2D eigenvalue weighted by atomic mass is 16.8. The van der Waals surface area contributed by atoms with E-state index in [0.29, 0.717) is 6.61 Å². The van der Waals surface area contributed by atoms with E-state index in [1.807, 2.05) is 13.8 Å². The van der Waals surface area contributed by atoms with Crippen molar-refractivity contribution in [2.45, 2.75) is 64.8 Å². The highest BCUT2D eigenvalue weighted by Gasteiger charge is 2.71. The molecule has 1 saturated heterocycles. The predicted octanol–water partition coefficient (Wildman–Crippen LogP) is 0.490. The molecule has 24 heavy (non-hydrogen) atoms. The van der Waals surface area contributed by atoms with Gasteiger partial charge in [0.1, 0.15) is 0 Å². The molecule has 2 fully saturated rings. The van der Waals surface area contributed by atoms with E-state index in [9.17, 15) is 20.4 Å². The van der Waals surface area contributed by atoms with E-state index in [2.05, 4.69) is 13.8 Å². The maximum Gasteiger partial charge on any atom is 0.186 e. The first-order valence-corrected chi connectivity index (χ1v) is 8.48. The maximum absolute atomic E-state index is 10.4. The Hall–Kier alpha value is -0.570. The molecule has 6 unspecified atom stereocenters. The van der Waals surface area contributed by atoms with Crippen LogP contribution in [0.3, 0.4) is 0 Å². The molecule has 0 aromatic rings. The lowest BCUT2D eigenvalue weighted by molar-refractivity contribution is -0.438. The Labute approximate surface area is 143 Å². The molecule has 1 aliphatic carbocycles. The molecule has 6 atom stereocenters. The van der Waals surface area contributed by atoms with E-state index in [1.165, 1.54) is 6.21 Å². The van der Waals surface area contributed by atoms with Gasteiger partial charge >= 0.3 is 0 Å². The minimum Gasteiger partial charge on any atom is -0.396 e. The van der Waals surface area contributed by atoms with Gasteiger partial charge in [-0.3, -0.25) is 0 Å². The van der Waals surface area contributed by atoms with Crippen molar-refractivity contribution in [3.63, 3.8) is 0 Å². The third-order valence-electron chi connectivity index (χ3n) is 5.32. The van der Waals surface area contributed by atoms with Gasteiger partial charge in [0.2, 0.25) is 0 Å². The van der Waals surface area contributed by atoms with E-state index in [4.69, 9.17) is 14.9 Å². The second kappa shape index (κ2) is 6.63. The summed E-state index contributed by atoms with van der Waals surface area (Å²) >= 11 is 0. The summed E-state index contributed by atoms with van der Waals surface area (Å²) in [6.45, 7) is 8.16. The average molecular weight is 345 g/mol. The molecule has 140 valence electrons. The lowest BCUT2D eigenvalue weighted by atomic mass is 9.74. The van der Waals surface area contributed by atoms with Crippen molar-refractivity contribution in [1.29, 1.82) is 5.41 Å². The van der Waals surface area contributed by atoms with Gasteiger partial charge in [-0.1, -0.05) is 27.7 Å². The Kier molecular flexibility index (Phi) is 5.45. The van der Waals surface area contributed by atoms with Crippen LogP contribution in [0, 0.1) is 28.1 Å². The molecule has 1 heterocycles. The van der Waals surface area contributed by atoms with Crippen molar-refractivity contribution in [3.05, 3.63) is 0 Å². The standard InChI is InChI=1S/C17H31NO6/c1-15(2,8-16(3,4)9-18)5-6-23-14-11-13(21)12(20)10(7-19)17(11,22)24-14/h9-14,18-22H,5-8H2,1-4H3. The first kappa shape index (κ1) is 19.8. The van der Waals surface area contributed by atoms with Crippen LogP contribution in [0.1, 0.15) is 40.5 Å². The molecule has 0 radical (unpaired) electrons. The van der Waals surface area contributed by atoms with Crippen molar-refractivity contribution in [1.82, 2.24) is 0 Å². The molecule has 2 rings (SSSR count). The topological polar surface area (TPSA) is 123 Å². The minimum absolute atomic E-state index is 0.0391. The highest BCUT2D eigenvalue weighted by molar-refractivity contribution is 5.60. The number of aliphatic hydroxyl groups is 4. The summed E-state index contributed by atoms with van der Waals surface area (Å²) in [6.07, 6.45) is -0.186. The number of hydrogen-bond donors (Lipinski definition) is 5. The zero-order valence-corrected chi connectivity index (χ0v) is 14.9. The number of hydrogen-bond acceptors (Lipinski definition) is 7. The molecule has 7 heteroatoms. The number of ether oxygens (including phenoxy) is 2. The third-order valence-corrected chi connectivity index (χ3v) is 5.32. The minimum atomic E-state index is -1.73. The van der Waals surface area contributed by atoms with Gasteiger partial charge in [0, 0.05) is 6.21 Å². The number of fused-ring (bicyclic) bond motifs is 1. The lowest BCUT2D eigenvalue weighted by Crippen LogP contribution is -2.63. The largest absolute Gasteiger partial charge is 0.396 e. The van der Waals surface area contributed by atoms with Crippen LogP contribution in [0.15, 0.2) is 0 Å². The number of aliphatic hydroxyl groups excluding tert-OH is 3. The fourth-order valence-electron chi connectivity index (χ4n) is 4.10. The summed E-state index contributed by atoms with van der Waals surface area (Å²) < 4.78 is 11.0. The van der Waals surface area contributed by atoms with Crippen LogP contribution < -0.4 is 0 Å². The number of nitrogens with one attached hydrogen (secondary N) is 1. The summed E-state index contributed by atoms with van der Waals surface area (Å²) in [7, 11) is 0. The summed E-state index contributed by atoms with van der Waals surface area (Å²) in [4.78, 5) is 0. The fourth-order valence-corrected chi connectivity index (χ4v) is 4.10. The van der Waals surface area contributed by atoms with Crippen molar-refractivity contribution < 1.29 is 29.9 Å². The second-order valence-electron chi connectivity index (χ2n) is 8.63. The summed E-state index contributed by atoms with van der Waals surface area (Å²) in [6, 6.07) is 0. The molecule has 0 bridgehead atoms. The van der Waals surface area contributed by atoms with Gasteiger partial charge in [-0.15, -0.1) is 0 Å². The predicted molar refractivity (Wildman–Crippen MR) is 87.4 cm³/mol. The van der Waals surface area contributed by atoms with Crippen LogP contribution in [0.25, 0.3) is 0 Å². The SMILES string of the molecule is CC(C)(C=N)CC(C)(C)CCOC1OC2(O)C(CO)C(O)C(O)C12. The molecular formula is C17H31NO6. The van der Waals surface area contributed by atoms with Crippen LogP contribution in [-0.4, -0.2) is 64.1 Å².